The first-order chi connectivity index (χ1) is 8.69. The Morgan fingerprint density at radius 2 is 2.28 bits per heavy atom. The van der Waals surface area contributed by atoms with E-state index in [0.717, 1.165) is 25.9 Å². The molecule has 6 nitrogen and oxygen atoms in total. The van der Waals surface area contributed by atoms with Gasteiger partial charge in [0, 0.05) is 25.8 Å². The summed E-state index contributed by atoms with van der Waals surface area (Å²) < 4.78 is 1.94. The van der Waals surface area contributed by atoms with Gasteiger partial charge >= 0.3 is 0 Å². The van der Waals surface area contributed by atoms with Gasteiger partial charge in [0.25, 0.3) is 0 Å². The van der Waals surface area contributed by atoms with Crippen LogP contribution in [0, 0.1) is 0 Å². The molecule has 1 aliphatic rings. The zero-order valence-electron chi connectivity index (χ0n) is 10.8. The van der Waals surface area contributed by atoms with Crippen molar-refractivity contribution in [3.63, 3.8) is 0 Å². The summed E-state index contributed by atoms with van der Waals surface area (Å²) in [5.74, 6) is 0.680. The summed E-state index contributed by atoms with van der Waals surface area (Å²) in [6.07, 6.45) is 3.96. The van der Waals surface area contributed by atoms with E-state index in [1.54, 1.807) is 0 Å². The molecule has 6 heteroatoms. The molecule has 0 aliphatic carbocycles. The molecule has 0 bridgehead atoms. The van der Waals surface area contributed by atoms with Crippen LogP contribution in [0.25, 0.3) is 0 Å². The molecule has 3 N–H and O–H groups in total. The van der Waals surface area contributed by atoms with Gasteiger partial charge in [0.2, 0.25) is 5.91 Å². The summed E-state index contributed by atoms with van der Waals surface area (Å²) in [6.45, 7) is 5.00. The zero-order chi connectivity index (χ0) is 13.0. The van der Waals surface area contributed by atoms with Crippen molar-refractivity contribution >= 4 is 11.7 Å². The summed E-state index contributed by atoms with van der Waals surface area (Å²) in [4.78, 5) is 13.7. The topological polar surface area (TPSA) is 76.2 Å². The van der Waals surface area contributed by atoms with Crippen LogP contribution in [0.5, 0.6) is 0 Å². The molecule has 1 amide bonds. The monoisotopic (exact) mass is 251 g/mol. The standard InChI is InChI=1S/C12H21N5O/c1-2-14-12(18)9-16-6-3-10(4-7-16)17-8-5-11(13)15-17/h5,8,10H,2-4,6-7,9H2,1H3,(H2,13,15)(H,14,18). The van der Waals surface area contributed by atoms with Crippen LogP contribution in [-0.2, 0) is 4.79 Å². The normalized spacial score (nSPS) is 17.8. The number of aromatic nitrogens is 2. The maximum absolute atomic E-state index is 11.5. The smallest absolute Gasteiger partial charge is 0.234 e. The summed E-state index contributed by atoms with van der Waals surface area (Å²) >= 11 is 0. The van der Waals surface area contributed by atoms with Crippen molar-refractivity contribution in [2.75, 3.05) is 31.9 Å². The average molecular weight is 251 g/mol. The van der Waals surface area contributed by atoms with Crippen LogP contribution in [-0.4, -0.2) is 46.8 Å². The minimum absolute atomic E-state index is 0.110. The molecule has 1 fully saturated rings. The fraction of sp³-hybridized carbons (Fsp3) is 0.667. The third-order valence-corrected chi connectivity index (χ3v) is 3.30. The maximum Gasteiger partial charge on any atom is 0.234 e. The van der Waals surface area contributed by atoms with E-state index in [0.29, 0.717) is 24.9 Å². The molecule has 1 aromatic rings. The second kappa shape index (κ2) is 5.86. The van der Waals surface area contributed by atoms with Crippen molar-refractivity contribution in [3.8, 4) is 0 Å². The van der Waals surface area contributed by atoms with Crippen LogP contribution in [0.2, 0.25) is 0 Å². The Labute approximate surface area is 107 Å². The summed E-state index contributed by atoms with van der Waals surface area (Å²) in [5.41, 5.74) is 5.62. The van der Waals surface area contributed by atoms with Gasteiger partial charge in [-0.2, -0.15) is 5.10 Å². The lowest BCUT2D eigenvalue weighted by molar-refractivity contribution is -0.122. The van der Waals surface area contributed by atoms with Crippen LogP contribution in [0.1, 0.15) is 25.8 Å². The number of nitrogens with two attached hydrogens (primary N) is 1. The SMILES string of the molecule is CCNC(=O)CN1CCC(n2ccc(N)n2)CC1. The molecular weight excluding hydrogens is 230 g/mol. The Balaban J connectivity index is 1.79. The second-order valence-corrected chi connectivity index (χ2v) is 4.68. The molecule has 1 aliphatic heterocycles. The molecule has 2 heterocycles. The van der Waals surface area contributed by atoms with Crippen LogP contribution >= 0.6 is 0 Å². The Kier molecular flexibility index (Phi) is 4.19. The second-order valence-electron chi connectivity index (χ2n) is 4.68. The van der Waals surface area contributed by atoms with E-state index in [9.17, 15) is 4.79 Å². The molecule has 0 atom stereocenters. The molecule has 0 spiro atoms. The number of anilines is 1. The van der Waals surface area contributed by atoms with E-state index in [4.69, 9.17) is 5.73 Å². The molecule has 18 heavy (non-hydrogen) atoms. The fourth-order valence-electron chi connectivity index (χ4n) is 2.35. The third kappa shape index (κ3) is 3.22. The van der Waals surface area contributed by atoms with Gasteiger partial charge in [0.1, 0.15) is 5.82 Å². The Bertz CT molecular complexity index is 395. The number of likely N-dealkylation sites (N-methyl/N-ethyl adjacent to an activating group) is 1. The van der Waals surface area contributed by atoms with Crippen molar-refractivity contribution in [2.24, 2.45) is 0 Å². The predicted molar refractivity (Wildman–Crippen MR) is 70.0 cm³/mol. The lowest BCUT2D eigenvalue weighted by Gasteiger charge is -2.31. The highest BCUT2D eigenvalue weighted by Crippen LogP contribution is 2.21. The Morgan fingerprint density at radius 1 is 1.56 bits per heavy atom. The van der Waals surface area contributed by atoms with Gasteiger partial charge in [-0.3, -0.25) is 14.4 Å². The molecular formula is C12H21N5O. The molecule has 0 unspecified atom stereocenters. The van der Waals surface area contributed by atoms with Crippen molar-refractivity contribution in [3.05, 3.63) is 12.3 Å². The number of nitrogens with zero attached hydrogens (tertiary/aromatic N) is 3. The van der Waals surface area contributed by atoms with Crippen molar-refractivity contribution in [1.82, 2.24) is 20.0 Å². The Morgan fingerprint density at radius 3 is 2.83 bits per heavy atom. The molecule has 1 saturated heterocycles. The Hall–Kier alpha value is -1.56. The number of amides is 1. The highest BCUT2D eigenvalue weighted by molar-refractivity contribution is 5.77. The van der Waals surface area contributed by atoms with Gasteiger partial charge < -0.3 is 11.1 Å². The van der Waals surface area contributed by atoms with Crippen LogP contribution in [0.15, 0.2) is 12.3 Å². The number of likely N-dealkylation sites (tertiary alicyclic amines) is 1. The van der Waals surface area contributed by atoms with Gasteiger partial charge in [-0.15, -0.1) is 0 Å². The molecule has 0 radical (unpaired) electrons. The number of hydrogen-bond donors (Lipinski definition) is 2. The van der Waals surface area contributed by atoms with Crippen molar-refractivity contribution < 1.29 is 4.79 Å². The largest absolute Gasteiger partial charge is 0.382 e. The molecule has 0 aromatic carbocycles. The van der Waals surface area contributed by atoms with Gasteiger partial charge in [0.05, 0.1) is 12.6 Å². The van der Waals surface area contributed by atoms with Crippen molar-refractivity contribution in [1.29, 1.82) is 0 Å². The van der Waals surface area contributed by atoms with E-state index in [-0.39, 0.29) is 5.91 Å². The maximum atomic E-state index is 11.5. The van der Waals surface area contributed by atoms with Gasteiger partial charge in [0.15, 0.2) is 0 Å². The number of carbonyl (C=O) groups is 1. The average Bonchev–Trinajstić information content (AvgIpc) is 2.77. The lowest BCUT2D eigenvalue weighted by Crippen LogP contribution is -2.41. The fourth-order valence-corrected chi connectivity index (χ4v) is 2.35. The number of nitrogen functional groups attached to an aromatic ring is 1. The van der Waals surface area contributed by atoms with Crippen LogP contribution in [0.3, 0.4) is 0 Å². The van der Waals surface area contributed by atoms with E-state index < -0.39 is 0 Å². The highest BCUT2D eigenvalue weighted by atomic mass is 16.2. The number of carbonyl (C=O) groups excluding carboxylic acids is 1. The number of hydrogen-bond acceptors (Lipinski definition) is 4. The minimum Gasteiger partial charge on any atom is -0.382 e. The summed E-state index contributed by atoms with van der Waals surface area (Å²) in [5, 5.41) is 7.07. The summed E-state index contributed by atoms with van der Waals surface area (Å²) in [7, 11) is 0. The van der Waals surface area contributed by atoms with Gasteiger partial charge in [-0.25, -0.2) is 0 Å². The molecule has 2 rings (SSSR count). The minimum atomic E-state index is 0.110. The predicted octanol–water partition coefficient (Wildman–Crippen LogP) is 0.238. The number of rotatable bonds is 4. The molecule has 100 valence electrons. The third-order valence-electron chi connectivity index (χ3n) is 3.30. The first-order valence-electron chi connectivity index (χ1n) is 6.48. The number of piperidine rings is 1. The van der Waals surface area contributed by atoms with Crippen LogP contribution < -0.4 is 11.1 Å². The quantitative estimate of drug-likeness (QED) is 0.803. The van der Waals surface area contributed by atoms with Gasteiger partial charge in [-0.05, 0) is 25.8 Å². The lowest BCUT2D eigenvalue weighted by atomic mass is 10.1. The first kappa shape index (κ1) is 12.9. The first-order valence-corrected chi connectivity index (χ1v) is 6.48. The van der Waals surface area contributed by atoms with E-state index in [1.807, 2.05) is 23.9 Å². The highest BCUT2D eigenvalue weighted by Gasteiger charge is 2.22. The molecule has 0 saturated carbocycles. The van der Waals surface area contributed by atoms with E-state index >= 15 is 0 Å². The van der Waals surface area contributed by atoms with E-state index in [1.165, 1.54) is 0 Å². The van der Waals surface area contributed by atoms with Gasteiger partial charge in [-0.1, -0.05) is 0 Å². The van der Waals surface area contributed by atoms with Crippen LogP contribution in [0.4, 0.5) is 5.82 Å². The summed E-state index contributed by atoms with van der Waals surface area (Å²) in [6, 6.07) is 2.23. The van der Waals surface area contributed by atoms with Crippen molar-refractivity contribution in [2.45, 2.75) is 25.8 Å². The van der Waals surface area contributed by atoms with E-state index in [2.05, 4.69) is 15.3 Å². The zero-order valence-corrected chi connectivity index (χ0v) is 10.8. The molecule has 1 aromatic heterocycles. The number of nitrogens with one attached hydrogen (secondary N) is 1.